The number of rotatable bonds is 7. The summed E-state index contributed by atoms with van der Waals surface area (Å²) in [6.07, 6.45) is 0.193. The lowest BCUT2D eigenvalue weighted by atomic mass is 9.86. The normalized spacial score (nSPS) is 12.8. The quantitative estimate of drug-likeness (QED) is 0.795. The van der Waals surface area contributed by atoms with E-state index in [1.807, 2.05) is 6.92 Å². The molecule has 0 aliphatic heterocycles. The van der Waals surface area contributed by atoms with Crippen LogP contribution in [0.25, 0.3) is 0 Å². The van der Waals surface area contributed by atoms with E-state index in [2.05, 4.69) is 5.32 Å². The number of benzene rings is 2. The Labute approximate surface area is 152 Å². The van der Waals surface area contributed by atoms with Gasteiger partial charge in [-0.25, -0.2) is 4.79 Å². The lowest BCUT2D eigenvalue weighted by molar-refractivity contribution is -0.145. The minimum atomic E-state index is -1.52. The third-order valence-electron chi connectivity index (χ3n) is 4.50. The fraction of sp³-hybridized carbons (Fsp3) is 0.300. The van der Waals surface area contributed by atoms with Gasteiger partial charge in [0.05, 0.1) is 14.2 Å². The number of ether oxygens (including phenoxy) is 2. The number of amides is 1. The van der Waals surface area contributed by atoms with Crippen molar-refractivity contribution in [1.82, 2.24) is 5.32 Å². The maximum Gasteiger partial charge on any atom is 0.334 e. The lowest BCUT2D eigenvalue weighted by Gasteiger charge is -2.30. The van der Waals surface area contributed by atoms with Crippen molar-refractivity contribution in [3.8, 4) is 11.5 Å². The van der Waals surface area contributed by atoms with E-state index in [0.29, 0.717) is 17.1 Å². The molecule has 0 fully saturated rings. The van der Waals surface area contributed by atoms with Crippen molar-refractivity contribution in [2.75, 3.05) is 14.2 Å². The van der Waals surface area contributed by atoms with Gasteiger partial charge in [0.2, 0.25) is 0 Å². The van der Waals surface area contributed by atoms with Gasteiger partial charge in [-0.15, -0.1) is 0 Å². The third kappa shape index (κ3) is 3.49. The van der Waals surface area contributed by atoms with Gasteiger partial charge >= 0.3 is 5.97 Å². The first-order chi connectivity index (χ1) is 12.4. The van der Waals surface area contributed by atoms with Crippen LogP contribution in [0.5, 0.6) is 11.5 Å². The number of carboxylic acid groups (broad SMARTS) is 1. The topological polar surface area (TPSA) is 84.9 Å². The molecule has 0 aliphatic rings. The monoisotopic (exact) mass is 357 g/mol. The number of hydrogen-bond acceptors (Lipinski definition) is 4. The summed E-state index contributed by atoms with van der Waals surface area (Å²) >= 11 is 0. The van der Waals surface area contributed by atoms with Crippen molar-refractivity contribution in [2.24, 2.45) is 0 Å². The zero-order chi connectivity index (χ0) is 19.3. The Morgan fingerprint density at radius 2 is 1.62 bits per heavy atom. The van der Waals surface area contributed by atoms with Crippen LogP contribution >= 0.6 is 0 Å². The summed E-state index contributed by atoms with van der Waals surface area (Å²) in [7, 11) is 3.00. The Bertz CT molecular complexity index is 778. The summed E-state index contributed by atoms with van der Waals surface area (Å²) in [6, 6.07) is 11.8. The molecule has 0 bridgehead atoms. The Kier molecular flexibility index (Phi) is 5.87. The van der Waals surface area contributed by atoms with E-state index in [0.717, 1.165) is 5.56 Å². The van der Waals surface area contributed by atoms with Crippen molar-refractivity contribution >= 4 is 11.9 Å². The molecule has 2 rings (SSSR count). The second-order valence-electron chi connectivity index (χ2n) is 5.89. The van der Waals surface area contributed by atoms with Gasteiger partial charge in [-0.2, -0.15) is 0 Å². The Morgan fingerprint density at radius 1 is 1.08 bits per heavy atom. The molecule has 0 aliphatic carbocycles. The summed E-state index contributed by atoms with van der Waals surface area (Å²) in [6.45, 7) is 3.54. The molecule has 1 unspecified atom stereocenters. The first kappa shape index (κ1) is 19.3. The van der Waals surface area contributed by atoms with Crippen LogP contribution < -0.4 is 14.8 Å². The summed E-state index contributed by atoms with van der Waals surface area (Å²) in [4.78, 5) is 24.9. The molecule has 138 valence electrons. The molecular formula is C20H23NO5. The minimum Gasteiger partial charge on any atom is -0.496 e. The van der Waals surface area contributed by atoms with Crippen LogP contribution in [0.4, 0.5) is 0 Å². The Morgan fingerprint density at radius 3 is 2.04 bits per heavy atom. The van der Waals surface area contributed by atoms with Gasteiger partial charge < -0.3 is 19.9 Å². The number of hydrogen-bond donors (Lipinski definition) is 2. The molecular weight excluding hydrogens is 334 g/mol. The second-order valence-corrected chi connectivity index (χ2v) is 5.89. The second kappa shape index (κ2) is 7.91. The third-order valence-corrected chi connectivity index (χ3v) is 4.50. The highest BCUT2D eigenvalue weighted by molar-refractivity contribution is 5.99. The highest BCUT2D eigenvalue weighted by Crippen LogP contribution is 2.31. The molecule has 0 aromatic heterocycles. The zero-order valence-corrected chi connectivity index (χ0v) is 15.3. The maximum absolute atomic E-state index is 12.9. The summed E-state index contributed by atoms with van der Waals surface area (Å²) in [5, 5.41) is 12.5. The first-order valence-corrected chi connectivity index (χ1v) is 8.23. The maximum atomic E-state index is 12.9. The van der Waals surface area contributed by atoms with Crippen molar-refractivity contribution in [2.45, 2.75) is 25.8 Å². The van der Waals surface area contributed by atoms with Crippen molar-refractivity contribution < 1.29 is 24.2 Å². The van der Waals surface area contributed by atoms with Gasteiger partial charge in [-0.05, 0) is 31.0 Å². The van der Waals surface area contributed by atoms with Crippen LogP contribution in [-0.4, -0.2) is 31.2 Å². The van der Waals surface area contributed by atoms with Gasteiger partial charge in [0.25, 0.3) is 5.91 Å². The number of aliphatic carboxylic acids is 1. The van der Waals surface area contributed by atoms with Crippen LogP contribution in [0.3, 0.4) is 0 Å². The van der Waals surface area contributed by atoms with E-state index in [1.165, 1.54) is 14.2 Å². The van der Waals surface area contributed by atoms with E-state index in [4.69, 9.17) is 9.47 Å². The van der Waals surface area contributed by atoms with Crippen LogP contribution in [0.2, 0.25) is 0 Å². The number of nitrogens with one attached hydrogen (secondary N) is 1. The SMILES string of the molecule is CCC(NC(=O)c1cc(OC)c(C)c(OC)c1)(C(=O)O)c1ccccc1. The smallest absolute Gasteiger partial charge is 0.334 e. The molecule has 26 heavy (non-hydrogen) atoms. The molecule has 0 saturated carbocycles. The molecule has 2 N–H and O–H groups in total. The van der Waals surface area contributed by atoms with Crippen molar-refractivity contribution in [1.29, 1.82) is 0 Å². The predicted molar refractivity (Wildman–Crippen MR) is 97.8 cm³/mol. The van der Waals surface area contributed by atoms with E-state index in [1.54, 1.807) is 49.4 Å². The molecule has 2 aromatic carbocycles. The van der Waals surface area contributed by atoms with Crippen LogP contribution in [0, 0.1) is 6.92 Å². The Hall–Kier alpha value is -3.02. The van der Waals surface area contributed by atoms with E-state index < -0.39 is 17.4 Å². The molecule has 0 spiro atoms. The predicted octanol–water partition coefficient (Wildman–Crippen LogP) is 3.13. The fourth-order valence-corrected chi connectivity index (χ4v) is 2.90. The highest BCUT2D eigenvalue weighted by atomic mass is 16.5. The van der Waals surface area contributed by atoms with Gasteiger partial charge in [0.1, 0.15) is 11.5 Å². The summed E-state index contributed by atoms with van der Waals surface area (Å²) in [5.74, 6) is -0.654. The average molecular weight is 357 g/mol. The zero-order valence-electron chi connectivity index (χ0n) is 15.3. The highest BCUT2D eigenvalue weighted by Gasteiger charge is 2.40. The van der Waals surface area contributed by atoms with E-state index in [-0.39, 0.29) is 12.0 Å². The minimum absolute atomic E-state index is 0.193. The number of methoxy groups -OCH3 is 2. The fourth-order valence-electron chi connectivity index (χ4n) is 2.90. The molecule has 2 aromatic rings. The van der Waals surface area contributed by atoms with Gasteiger partial charge in [-0.1, -0.05) is 37.3 Å². The van der Waals surface area contributed by atoms with Crippen LogP contribution in [0.15, 0.2) is 42.5 Å². The standard InChI is InChI=1S/C20H23NO5/c1-5-20(19(23)24,15-9-7-6-8-10-15)21-18(22)14-11-16(25-3)13(2)17(12-14)26-4/h6-12H,5H2,1-4H3,(H,21,22)(H,23,24). The van der Waals surface area contributed by atoms with Gasteiger partial charge in [-0.3, -0.25) is 4.79 Å². The van der Waals surface area contributed by atoms with Crippen molar-refractivity contribution in [3.05, 3.63) is 59.2 Å². The van der Waals surface area contributed by atoms with E-state index in [9.17, 15) is 14.7 Å². The average Bonchev–Trinajstić information content (AvgIpc) is 2.66. The largest absolute Gasteiger partial charge is 0.496 e. The molecule has 1 atom stereocenters. The summed E-state index contributed by atoms with van der Waals surface area (Å²) in [5.41, 5.74) is 0.00672. The number of carbonyl (C=O) groups excluding carboxylic acids is 1. The van der Waals surface area contributed by atoms with Gasteiger partial charge in [0.15, 0.2) is 5.54 Å². The Balaban J connectivity index is 2.47. The molecule has 6 heteroatoms. The van der Waals surface area contributed by atoms with Crippen LogP contribution in [-0.2, 0) is 10.3 Å². The summed E-state index contributed by atoms with van der Waals surface area (Å²) < 4.78 is 10.6. The molecule has 0 radical (unpaired) electrons. The number of carboxylic acids is 1. The first-order valence-electron chi connectivity index (χ1n) is 8.23. The molecule has 6 nitrogen and oxygen atoms in total. The van der Waals surface area contributed by atoms with Gasteiger partial charge in [0, 0.05) is 11.1 Å². The van der Waals surface area contributed by atoms with Crippen LogP contribution in [0.1, 0.15) is 34.8 Å². The lowest BCUT2D eigenvalue weighted by Crippen LogP contribution is -2.51. The van der Waals surface area contributed by atoms with Crippen molar-refractivity contribution in [3.63, 3.8) is 0 Å². The van der Waals surface area contributed by atoms with E-state index >= 15 is 0 Å². The molecule has 0 heterocycles. The molecule has 1 amide bonds. The number of carbonyl (C=O) groups is 2. The molecule has 0 saturated heterocycles.